The summed E-state index contributed by atoms with van der Waals surface area (Å²) in [5.74, 6) is 0.770. The number of hydrogen-bond acceptors (Lipinski definition) is 2. The number of carbonyl (C=O) groups is 1. The van der Waals surface area contributed by atoms with Gasteiger partial charge in [-0.1, -0.05) is 31.4 Å². The lowest BCUT2D eigenvalue weighted by atomic mass is 9.87. The molecule has 19 heavy (non-hydrogen) atoms. The van der Waals surface area contributed by atoms with E-state index >= 15 is 0 Å². The number of nitrogens with one attached hydrogen (secondary N) is 2. The van der Waals surface area contributed by atoms with Gasteiger partial charge in [-0.25, -0.2) is 0 Å². The minimum atomic E-state index is 0.000508. The number of hydrogen-bond donors (Lipinski definition) is 2. The highest BCUT2D eigenvalue weighted by atomic mass is 35.5. The van der Waals surface area contributed by atoms with Gasteiger partial charge in [0.15, 0.2) is 0 Å². The Morgan fingerprint density at radius 2 is 2.05 bits per heavy atom. The van der Waals surface area contributed by atoms with Crippen molar-refractivity contribution < 1.29 is 4.79 Å². The summed E-state index contributed by atoms with van der Waals surface area (Å²) in [4.78, 5) is 11.8. The molecule has 1 saturated carbocycles. The van der Waals surface area contributed by atoms with Crippen LogP contribution in [-0.2, 0) is 4.79 Å². The topological polar surface area (TPSA) is 41.1 Å². The number of benzene rings is 1. The summed E-state index contributed by atoms with van der Waals surface area (Å²) < 4.78 is 0. The fourth-order valence-electron chi connectivity index (χ4n) is 2.59. The maximum absolute atomic E-state index is 11.8. The van der Waals surface area contributed by atoms with E-state index in [1.54, 1.807) is 12.1 Å². The summed E-state index contributed by atoms with van der Waals surface area (Å²) in [7, 11) is 0. The molecule has 0 heterocycles. The Hall–Kier alpha value is -1.06. The molecule has 2 rings (SSSR count). The van der Waals surface area contributed by atoms with E-state index in [0.29, 0.717) is 17.6 Å². The van der Waals surface area contributed by atoms with Crippen LogP contribution in [0.1, 0.15) is 32.6 Å². The zero-order valence-electron chi connectivity index (χ0n) is 11.3. The molecule has 104 valence electrons. The number of carbonyl (C=O) groups excluding carboxylic acids is 1. The summed E-state index contributed by atoms with van der Waals surface area (Å²) in [6.07, 6.45) is 4.93. The minimum Gasteiger partial charge on any atom is -0.325 e. The van der Waals surface area contributed by atoms with E-state index in [1.807, 2.05) is 12.1 Å². The van der Waals surface area contributed by atoms with Crippen LogP contribution in [0.25, 0.3) is 0 Å². The minimum absolute atomic E-state index is 0.000508. The van der Waals surface area contributed by atoms with Crippen LogP contribution in [0.2, 0.25) is 5.02 Å². The van der Waals surface area contributed by atoms with Crippen LogP contribution in [0, 0.1) is 5.92 Å². The maximum atomic E-state index is 11.8. The van der Waals surface area contributed by atoms with E-state index in [0.717, 1.165) is 11.6 Å². The lowest BCUT2D eigenvalue weighted by Gasteiger charge is -2.27. The lowest BCUT2D eigenvalue weighted by Crippen LogP contribution is -2.38. The molecule has 1 amide bonds. The van der Waals surface area contributed by atoms with Crippen molar-refractivity contribution in [1.29, 1.82) is 0 Å². The predicted octanol–water partition coefficient (Wildman–Crippen LogP) is 3.45. The van der Waals surface area contributed by atoms with E-state index < -0.39 is 0 Å². The molecule has 2 N–H and O–H groups in total. The summed E-state index contributed by atoms with van der Waals surface area (Å²) in [5, 5.41) is 6.88. The quantitative estimate of drug-likeness (QED) is 0.887. The molecule has 0 bridgehead atoms. The average Bonchev–Trinajstić information content (AvgIpc) is 2.39. The molecule has 1 aliphatic rings. The monoisotopic (exact) mass is 280 g/mol. The lowest BCUT2D eigenvalue weighted by molar-refractivity contribution is -0.115. The van der Waals surface area contributed by atoms with Crippen LogP contribution in [0.15, 0.2) is 24.3 Å². The van der Waals surface area contributed by atoms with Gasteiger partial charge in [0.2, 0.25) is 5.91 Å². The van der Waals surface area contributed by atoms with Crippen LogP contribution in [-0.4, -0.2) is 18.5 Å². The average molecular weight is 281 g/mol. The molecule has 0 aromatic heterocycles. The molecule has 2 atom stereocenters. The molecule has 1 aromatic rings. The van der Waals surface area contributed by atoms with Gasteiger partial charge in [0.1, 0.15) is 0 Å². The van der Waals surface area contributed by atoms with Crippen molar-refractivity contribution in [3.8, 4) is 0 Å². The van der Waals surface area contributed by atoms with E-state index in [1.165, 1.54) is 25.7 Å². The number of halogens is 1. The van der Waals surface area contributed by atoms with Gasteiger partial charge in [-0.15, -0.1) is 0 Å². The Morgan fingerprint density at radius 1 is 1.32 bits per heavy atom. The summed E-state index contributed by atoms with van der Waals surface area (Å²) in [6, 6.07) is 7.65. The first kappa shape index (κ1) is 14.4. The van der Waals surface area contributed by atoms with Gasteiger partial charge in [0, 0.05) is 16.8 Å². The summed E-state index contributed by atoms with van der Waals surface area (Å²) >= 11 is 5.80. The van der Waals surface area contributed by atoms with Crippen molar-refractivity contribution in [1.82, 2.24) is 5.32 Å². The van der Waals surface area contributed by atoms with Gasteiger partial charge in [-0.05, 0) is 43.0 Å². The third kappa shape index (κ3) is 4.84. The van der Waals surface area contributed by atoms with Crippen LogP contribution >= 0.6 is 11.6 Å². The molecule has 0 unspecified atom stereocenters. The fourth-order valence-corrected chi connectivity index (χ4v) is 2.72. The molecular weight excluding hydrogens is 260 g/mol. The molecule has 0 saturated heterocycles. The van der Waals surface area contributed by atoms with E-state index in [4.69, 9.17) is 11.6 Å². The summed E-state index contributed by atoms with van der Waals surface area (Å²) in [5.41, 5.74) is 0.785. The first-order chi connectivity index (χ1) is 9.13. The molecular formula is C15H21ClN2O. The Bertz CT molecular complexity index is 419. The molecule has 3 nitrogen and oxygen atoms in total. The van der Waals surface area contributed by atoms with E-state index in [2.05, 4.69) is 17.6 Å². The second-order valence-electron chi connectivity index (χ2n) is 5.40. The molecule has 0 radical (unpaired) electrons. The van der Waals surface area contributed by atoms with Crippen LogP contribution in [0.4, 0.5) is 5.69 Å². The number of rotatable bonds is 4. The summed E-state index contributed by atoms with van der Waals surface area (Å²) in [6.45, 7) is 2.65. The van der Waals surface area contributed by atoms with Gasteiger partial charge < -0.3 is 10.6 Å². The van der Waals surface area contributed by atoms with Gasteiger partial charge in [0.25, 0.3) is 0 Å². The molecule has 1 aromatic carbocycles. The highest BCUT2D eigenvalue weighted by Gasteiger charge is 2.18. The largest absolute Gasteiger partial charge is 0.325 e. The molecule has 4 heteroatoms. The second-order valence-corrected chi connectivity index (χ2v) is 5.84. The highest BCUT2D eigenvalue weighted by Crippen LogP contribution is 2.23. The Labute approximate surface area is 119 Å². The third-order valence-corrected chi connectivity index (χ3v) is 3.87. The number of anilines is 1. The normalized spacial score (nSPS) is 23.1. The van der Waals surface area contributed by atoms with Crippen molar-refractivity contribution in [2.24, 2.45) is 5.92 Å². The van der Waals surface area contributed by atoms with E-state index in [-0.39, 0.29) is 5.91 Å². The van der Waals surface area contributed by atoms with Crippen molar-refractivity contribution in [2.75, 3.05) is 11.9 Å². The molecule has 0 aliphatic heterocycles. The Kier molecular flexibility index (Phi) is 5.23. The van der Waals surface area contributed by atoms with Gasteiger partial charge in [0.05, 0.1) is 6.54 Å². The second kappa shape index (κ2) is 6.92. The first-order valence-electron chi connectivity index (χ1n) is 6.92. The third-order valence-electron chi connectivity index (χ3n) is 3.62. The molecule has 1 fully saturated rings. The van der Waals surface area contributed by atoms with Crippen molar-refractivity contribution in [3.63, 3.8) is 0 Å². The van der Waals surface area contributed by atoms with Crippen molar-refractivity contribution in [2.45, 2.75) is 38.6 Å². The van der Waals surface area contributed by atoms with Gasteiger partial charge >= 0.3 is 0 Å². The first-order valence-corrected chi connectivity index (χ1v) is 7.30. The zero-order chi connectivity index (χ0) is 13.7. The molecule has 0 spiro atoms. The maximum Gasteiger partial charge on any atom is 0.238 e. The standard InChI is InChI=1S/C15H21ClN2O/c1-11-3-2-4-14(9-11)17-10-15(19)18-13-7-5-12(16)6-8-13/h5-8,11,14,17H,2-4,9-10H2,1H3,(H,18,19)/t11-,14-/m1/s1. The van der Waals surface area contributed by atoms with Gasteiger partial charge in [-0.3, -0.25) is 4.79 Å². The SMILES string of the molecule is C[C@@H]1CCC[C@@H](NCC(=O)Nc2ccc(Cl)cc2)C1. The zero-order valence-corrected chi connectivity index (χ0v) is 12.0. The molecule has 1 aliphatic carbocycles. The predicted molar refractivity (Wildman–Crippen MR) is 79.5 cm³/mol. The van der Waals surface area contributed by atoms with Crippen LogP contribution in [0.3, 0.4) is 0 Å². The van der Waals surface area contributed by atoms with Crippen LogP contribution < -0.4 is 10.6 Å². The number of amides is 1. The highest BCUT2D eigenvalue weighted by molar-refractivity contribution is 6.30. The fraction of sp³-hybridized carbons (Fsp3) is 0.533. The smallest absolute Gasteiger partial charge is 0.238 e. The van der Waals surface area contributed by atoms with Gasteiger partial charge in [-0.2, -0.15) is 0 Å². The Balaban J connectivity index is 1.73. The van der Waals surface area contributed by atoms with Crippen LogP contribution in [0.5, 0.6) is 0 Å². The van der Waals surface area contributed by atoms with Crippen molar-refractivity contribution in [3.05, 3.63) is 29.3 Å². The van der Waals surface area contributed by atoms with Crippen molar-refractivity contribution >= 4 is 23.2 Å². The Morgan fingerprint density at radius 3 is 2.74 bits per heavy atom. The van der Waals surface area contributed by atoms with E-state index in [9.17, 15) is 4.79 Å².